The Morgan fingerprint density at radius 1 is 1.11 bits per heavy atom. The average Bonchev–Trinajstić information content (AvgIpc) is 2.90. The maximum atomic E-state index is 13.5. The van der Waals surface area contributed by atoms with E-state index in [2.05, 4.69) is 21.2 Å². The van der Waals surface area contributed by atoms with E-state index in [0.29, 0.717) is 17.9 Å². The van der Waals surface area contributed by atoms with Crippen molar-refractivity contribution in [2.75, 3.05) is 24.2 Å². The first kappa shape index (κ1) is 30.0. The Bertz CT molecular complexity index is 1180. The summed E-state index contributed by atoms with van der Waals surface area (Å²) in [6, 6.07) is 14.0. The molecule has 1 atom stereocenters. The van der Waals surface area contributed by atoms with Gasteiger partial charge in [-0.15, -0.1) is 0 Å². The summed E-state index contributed by atoms with van der Waals surface area (Å²) in [5, 5.41) is 3.14. The monoisotopic (exact) mass is 607 g/mol. The summed E-state index contributed by atoms with van der Waals surface area (Å²) in [5.41, 5.74) is 1.39. The number of halogens is 1. The smallest absolute Gasteiger partial charge is 0.242 e. The second-order valence-corrected chi connectivity index (χ2v) is 12.6. The minimum absolute atomic E-state index is 0.105. The van der Waals surface area contributed by atoms with Gasteiger partial charge in [-0.3, -0.25) is 13.9 Å². The molecule has 1 saturated carbocycles. The molecule has 0 aromatic heterocycles. The van der Waals surface area contributed by atoms with Gasteiger partial charge in [-0.05, 0) is 56.0 Å². The normalized spacial score (nSPS) is 14.9. The number of nitrogens with one attached hydrogen (secondary N) is 1. The van der Waals surface area contributed by atoms with Gasteiger partial charge in [-0.2, -0.15) is 0 Å². The largest absolute Gasteiger partial charge is 0.497 e. The molecule has 1 aliphatic carbocycles. The number of sulfonamides is 1. The molecule has 8 nitrogen and oxygen atoms in total. The lowest BCUT2D eigenvalue weighted by molar-refractivity contribution is -0.141. The van der Waals surface area contributed by atoms with Crippen molar-refractivity contribution < 1.29 is 22.7 Å². The molecule has 0 radical (unpaired) electrons. The second-order valence-electron chi connectivity index (χ2n) is 9.81. The topological polar surface area (TPSA) is 96.0 Å². The summed E-state index contributed by atoms with van der Waals surface area (Å²) < 4.78 is 32.5. The van der Waals surface area contributed by atoms with Gasteiger partial charge in [0.2, 0.25) is 21.8 Å². The molecule has 2 aromatic carbocycles. The van der Waals surface area contributed by atoms with Crippen LogP contribution in [0.15, 0.2) is 53.0 Å². The van der Waals surface area contributed by atoms with E-state index in [-0.39, 0.29) is 37.4 Å². The van der Waals surface area contributed by atoms with Gasteiger partial charge in [0.1, 0.15) is 11.8 Å². The van der Waals surface area contributed by atoms with Crippen molar-refractivity contribution in [3.05, 3.63) is 58.6 Å². The van der Waals surface area contributed by atoms with E-state index >= 15 is 0 Å². The van der Waals surface area contributed by atoms with Crippen LogP contribution in [0.5, 0.6) is 5.75 Å². The Morgan fingerprint density at radius 3 is 2.42 bits per heavy atom. The molecule has 0 spiro atoms. The second kappa shape index (κ2) is 14.0. The quantitative estimate of drug-likeness (QED) is 0.371. The Hall–Kier alpha value is -2.59. The van der Waals surface area contributed by atoms with Gasteiger partial charge >= 0.3 is 0 Å². The first-order chi connectivity index (χ1) is 18.1. The fraction of sp³-hybridized carbons (Fsp3) is 0.500. The summed E-state index contributed by atoms with van der Waals surface area (Å²) in [5.74, 6) is 0.195. The van der Waals surface area contributed by atoms with E-state index in [1.165, 1.54) is 17.8 Å². The highest BCUT2D eigenvalue weighted by molar-refractivity contribution is 9.10. The molecular formula is C28H38BrN3O5S. The van der Waals surface area contributed by atoms with E-state index in [1.807, 2.05) is 24.3 Å². The van der Waals surface area contributed by atoms with E-state index in [0.717, 1.165) is 42.0 Å². The third-order valence-corrected chi connectivity index (χ3v) is 8.60. The minimum Gasteiger partial charge on any atom is -0.497 e. The molecule has 0 unspecified atom stereocenters. The predicted molar refractivity (Wildman–Crippen MR) is 154 cm³/mol. The van der Waals surface area contributed by atoms with E-state index in [9.17, 15) is 18.0 Å². The average molecular weight is 609 g/mol. The van der Waals surface area contributed by atoms with E-state index in [4.69, 9.17) is 4.74 Å². The third kappa shape index (κ3) is 8.73. The number of benzene rings is 2. The standard InChI is InChI=1S/C28H38BrN3O5S/c1-21(28(34)30-24-9-5-4-6-10-24)31(20-22-14-16-23(29)17-15-22)27(33)13-8-18-32(38(3,35)36)25-11-7-12-26(19-25)37-2/h7,11-12,14-17,19,21,24H,4-6,8-10,13,18,20H2,1-3H3,(H,30,34)/t21-/m0/s1. The number of carbonyl (C=O) groups is 2. The molecule has 2 aromatic rings. The van der Waals surface area contributed by atoms with Gasteiger partial charge in [0.25, 0.3) is 0 Å². The summed E-state index contributed by atoms with van der Waals surface area (Å²) >= 11 is 3.43. The fourth-order valence-corrected chi connectivity index (χ4v) is 5.93. The lowest BCUT2D eigenvalue weighted by Gasteiger charge is -2.31. The van der Waals surface area contributed by atoms with Gasteiger partial charge in [0, 0.05) is 36.1 Å². The van der Waals surface area contributed by atoms with Crippen LogP contribution in [0.25, 0.3) is 0 Å². The predicted octanol–water partition coefficient (Wildman–Crippen LogP) is 4.87. The lowest BCUT2D eigenvalue weighted by atomic mass is 9.95. The Morgan fingerprint density at radius 2 is 1.79 bits per heavy atom. The number of amides is 2. The number of anilines is 1. The Kier molecular flexibility index (Phi) is 11.0. The zero-order valence-corrected chi connectivity index (χ0v) is 24.8. The molecule has 0 bridgehead atoms. The third-order valence-electron chi connectivity index (χ3n) is 6.88. The maximum Gasteiger partial charge on any atom is 0.242 e. The van der Waals surface area contributed by atoms with Crippen LogP contribution in [0, 0.1) is 0 Å². The SMILES string of the molecule is COc1cccc(N(CCCC(=O)N(Cc2ccc(Br)cc2)[C@@H](C)C(=O)NC2CCCCC2)S(C)(=O)=O)c1. The summed E-state index contributed by atoms with van der Waals surface area (Å²) in [6.45, 7) is 2.18. The highest BCUT2D eigenvalue weighted by Gasteiger charge is 2.28. The highest BCUT2D eigenvalue weighted by Crippen LogP contribution is 2.24. The molecule has 10 heteroatoms. The number of hydrogen-bond acceptors (Lipinski definition) is 5. The summed E-state index contributed by atoms with van der Waals surface area (Å²) in [4.78, 5) is 28.2. The first-order valence-electron chi connectivity index (χ1n) is 13.0. The molecule has 38 heavy (non-hydrogen) atoms. The molecule has 1 fully saturated rings. The number of rotatable bonds is 12. The highest BCUT2D eigenvalue weighted by atomic mass is 79.9. The summed E-state index contributed by atoms with van der Waals surface area (Å²) in [7, 11) is -2.05. The van der Waals surface area contributed by atoms with Gasteiger partial charge < -0.3 is 15.0 Å². The fourth-order valence-electron chi connectivity index (χ4n) is 4.71. The van der Waals surface area contributed by atoms with Crippen LogP contribution in [0.1, 0.15) is 57.4 Å². The lowest BCUT2D eigenvalue weighted by Crippen LogP contribution is -2.50. The number of ether oxygens (including phenoxy) is 1. The van der Waals surface area contributed by atoms with Crippen LogP contribution in [0.3, 0.4) is 0 Å². The molecule has 3 rings (SSSR count). The molecule has 0 heterocycles. The number of nitrogens with zero attached hydrogens (tertiary/aromatic N) is 2. The molecular weight excluding hydrogens is 570 g/mol. The van der Waals surface area contributed by atoms with Crippen LogP contribution in [0.2, 0.25) is 0 Å². The molecule has 0 saturated heterocycles. The Labute approximate surface area is 234 Å². The van der Waals surface area contributed by atoms with Crippen LogP contribution in [0.4, 0.5) is 5.69 Å². The van der Waals surface area contributed by atoms with Crippen molar-refractivity contribution in [2.24, 2.45) is 0 Å². The van der Waals surface area contributed by atoms with E-state index < -0.39 is 16.1 Å². The number of hydrogen-bond donors (Lipinski definition) is 1. The number of methoxy groups -OCH3 is 1. The van der Waals surface area contributed by atoms with Gasteiger partial charge in [-0.1, -0.05) is 53.4 Å². The minimum atomic E-state index is -3.58. The van der Waals surface area contributed by atoms with Gasteiger partial charge in [0.05, 0.1) is 19.1 Å². The van der Waals surface area contributed by atoms with E-state index in [1.54, 1.807) is 36.1 Å². The summed E-state index contributed by atoms with van der Waals surface area (Å²) in [6.07, 6.45) is 6.87. The van der Waals surface area contributed by atoms with Crippen molar-refractivity contribution >= 4 is 43.5 Å². The van der Waals surface area contributed by atoms with Crippen molar-refractivity contribution in [1.29, 1.82) is 0 Å². The molecule has 1 N–H and O–H groups in total. The van der Waals surface area contributed by atoms with Crippen LogP contribution in [-0.2, 0) is 26.2 Å². The maximum absolute atomic E-state index is 13.5. The zero-order chi connectivity index (χ0) is 27.7. The molecule has 0 aliphatic heterocycles. The zero-order valence-electron chi connectivity index (χ0n) is 22.4. The van der Waals surface area contributed by atoms with Crippen LogP contribution < -0.4 is 14.4 Å². The molecule has 1 aliphatic rings. The van der Waals surface area contributed by atoms with Crippen LogP contribution >= 0.6 is 15.9 Å². The van der Waals surface area contributed by atoms with Gasteiger partial charge in [0.15, 0.2) is 0 Å². The molecule has 2 amide bonds. The van der Waals surface area contributed by atoms with Crippen molar-refractivity contribution in [2.45, 2.75) is 70.5 Å². The Balaban J connectivity index is 1.71. The first-order valence-corrected chi connectivity index (χ1v) is 15.7. The molecule has 208 valence electrons. The van der Waals surface area contributed by atoms with Crippen molar-refractivity contribution in [3.8, 4) is 5.75 Å². The van der Waals surface area contributed by atoms with Crippen molar-refractivity contribution in [1.82, 2.24) is 10.2 Å². The number of carbonyl (C=O) groups excluding carboxylic acids is 2. The van der Waals surface area contributed by atoms with Crippen LogP contribution in [-0.4, -0.2) is 57.1 Å². The van der Waals surface area contributed by atoms with Gasteiger partial charge in [-0.25, -0.2) is 8.42 Å². The van der Waals surface area contributed by atoms with Crippen molar-refractivity contribution in [3.63, 3.8) is 0 Å².